The van der Waals surface area contributed by atoms with Gasteiger partial charge in [0.15, 0.2) is 0 Å². The Hall–Kier alpha value is -3.35. The first-order chi connectivity index (χ1) is 11.3. The van der Waals surface area contributed by atoms with Crippen LogP contribution < -0.4 is 10.1 Å². The molecule has 0 fully saturated rings. The van der Waals surface area contributed by atoms with E-state index in [2.05, 4.69) is 25.3 Å². The van der Waals surface area contributed by atoms with E-state index < -0.39 is 0 Å². The van der Waals surface area contributed by atoms with Gasteiger partial charge in [0, 0.05) is 24.7 Å². The molecule has 3 aromatic heterocycles. The zero-order valence-electron chi connectivity index (χ0n) is 12.3. The summed E-state index contributed by atoms with van der Waals surface area (Å²) in [6, 6.07) is 10.5. The van der Waals surface area contributed by atoms with Crippen LogP contribution in [0.3, 0.4) is 0 Å². The van der Waals surface area contributed by atoms with Gasteiger partial charge in [-0.05, 0) is 24.3 Å². The van der Waals surface area contributed by atoms with Crippen molar-refractivity contribution in [3.8, 4) is 17.3 Å². The summed E-state index contributed by atoms with van der Waals surface area (Å²) in [5.74, 6) is 0.294. The number of anilines is 1. The second kappa shape index (κ2) is 6.61. The number of aromatic nitrogens is 4. The van der Waals surface area contributed by atoms with Gasteiger partial charge in [-0.15, -0.1) is 0 Å². The summed E-state index contributed by atoms with van der Waals surface area (Å²) in [4.78, 5) is 28.7. The fourth-order valence-electron chi connectivity index (χ4n) is 1.88. The number of pyridine rings is 2. The molecule has 0 unspecified atom stereocenters. The number of ether oxygens (including phenoxy) is 1. The van der Waals surface area contributed by atoms with Crippen LogP contribution in [-0.4, -0.2) is 33.0 Å². The van der Waals surface area contributed by atoms with Gasteiger partial charge in [-0.25, -0.2) is 15.0 Å². The SMILES string of the molecule is COc1ccc(C(=O)Nc2nccc(-c3ccccn3)n2)cn1. The van der Waals surface area contributed by atoms with E-state index in [0.29, 0.717) is 22.8 Å². The van der Waals surface area contributed by atoms with Gasteiger partial charge in [0.2, 0.25) is 11.8 Å². The fraction of sp³-hybridized carbons (Fsp3) is 0.0625. The third-order valence-corrected chi connectivity index (χ3v) is 3.02. The van der Waals surface area contributed by atoms with Crippen molar-refractivity contribution < 1.29 is 9.53 Å². The van der Waals surface area contributed by atoms with Crippen LogP contribution in [0.4, 0.5) is 5.95 Å². The van der Waals surface area contributed by atoms with E-state index in [1.165, 1.54) is 13.3 Å². The molecule has 0 aliphatic heterocycles. The van der Waals surface area contributed by atoms with E-state index in [0.717, 1.165) is 0 Å². The van der Waals surface area contributed by atoms with Gasteiger partial charge in [-0.2, -0.15) is 0 Å². The molecule has 3 aromatic rings. The van der Waals surface area contributed by atoms with E-state index in [9.17, 15) is 4.79 Å². The number of amides is 1. The molecule has 3 rings (SSSR count). The summed E-state index contributed by atoms with van der Waals surface area (Å²) in [6.07, 6.45) is 4.67. The maximum Gasteiger partial charge on any atom is 0.259 e. The lowest BCUT2D eigenvalue weighted by Gasteiger charge is -2.05. The van der Waals surface area contributed by atoms with Crippen molar-refractivity contribution in [3.05, 3.63) is 60.6 Å². The summed E-state index contributed by atoms with van der Waals surface area (Å²) < 4.78 is 4.96. The molecule has 0 saturated heterocycles. The topological polar surface area (TPSA) is 89.9 Å². The van der Waals surface area contributed by atoms with Crippen LogP contribution in [0.1, 0.15) is 10.4 Å². The number of hydrogen-bond donors (Lipinski definition) is 1. The molecule has 0 aliphatic rings. The van der Waals surface area contributed by atoms with Crippen molar-refractivity contribution in [2.75, 3.05) is 12.4 Å². The number of nitrogens with one attached hydrogen (secondary N) is 1. The second-order valence-corrected chi connectivity index (χ2v) is 4.52. The molecule has 0 spiro atoms. The van der Waals surface area contributed by atoms with Gasteiger partial charge < -0.3 is 4.74 Å². The molecule has 114 valence electrons. The molecule has 0 radical (unpaired) electrons. The zero-order valence-corrected chi connectivity index (χ0v) is 12.3. The summed E-state index contributed by atoms with van der Waals surface area (Å²) in [7, 11) is 1.51. The maximum absolute atomic E-state index is 12.2. The van der Waals surface area contributed by atoms with Crippen molar-refractivity contribution in [1.29, 1.82) is 0 Å². The number of carbonyl (C=O) groups is 1. The summed E-state index contributed by atoms with van der Waals surface area (Å²) in [5.41, 5.74) is 1.72. The third-order valence-electron chi connectivity index (χ3n) is 3.02. The molecular formula is C16H13N5O2. The van der Waals surface area contributed by atoms with Crippen LogP contribution in [0, 0.1) is 0 Å². The van der Waals surface area contributed by atoms with Crippen LogP contribution in [0.15, 0.2) is 55.0 Å². The summed E-state index contributed by atoms with van der Waals surface area (Å²) >= 11 is 0. The van der Waals surface area contributed by atoms with Crippen molar-refractivity contribution in [2.24, 2.45) is 0 Å². The van der Waals surface area contributed by atoms with Crippen molar-refractivity contribution >= 4 is 11.9 Å². The molecule has 0 atom stereocenters. The molecule has 0 saturated carbocycles. The smallest absolute Gasteiger partial charge is 0.259 e. The number of rotatable bonds is 4. The number of carbonyl (C=O) groups excluding carboxylic acids is 1. The molecule has 7 nitrogen and oxygen atoms in total. The van der Waals surface area contributed by atoms with E-state index in [-0.39, 0.29) is 11.9 Å². The predicted octanol–water partition coefficient (Wildman–Crippen LogP) is 2.19. The molecule has 7 heteroatoms. The number of hydrogen-bond acceptors (Lipinski definition) is 6. The Morgan fingerprint density at radius 3 is 2.61 bits per heavy atom. The standard InChI is InChI=1S/C16H13N5O2/c1-23-14-6-5-11(10-19-14)15(22)21-16-18-9-7-13(20-16)12-4-2-3-8-17-12/h2-10H,1H3,(H,18,20,21,22). The minimum Gasteiger partial charge on any atom is -0.481 e. The maximum atomic E-state index is 12.2. The van der Waals surface area contributed by atoms with Crippen molar-refractivity contribution in [2.45, 2.75) is 0 Å². The van der Waals surface area contributed by atoms with Gasteiger partial charge >= 0.3 is 0 Å². The van der Waals surface area contributed by atoms with Crippen molar-refractivity contribution in [3.63, 3.8) is 0 Å². The predicted molar refractivity (Wildman–Crippen MR) is 84.0 cm³/mol. The molecule has 23 heavy (non-hydrogen) atoms. The second-order valence-electron chi connectivity index (χ2n) is 4.52. The van der Waals surface area contributed by atoms with Crippen LogP contribution in [0.5, 0.6) is 5.88 Å². The largest absolute Gasteiger partial charge is 0.481 e. The minimum absolute atomic E-state index is 0.203. The lowest BCUT2D eigenvalue weighted by Crippen LogP contribution is -2.14. The van der Waals surface area contributed by atoms with Gasteiger partial charge in [-0.1, -0.05) is 6.07 Å². The Labute approximate surface area is 132 Å². The fourth-order valence-corrected chi connectivity index (χ4v) is 1.88. The highest BCUT2D eigenvalue weighted by atomic mass is 16.5. The molecule has 0 aliphatic carbocycles. The molecule has 0 aromatic carbocycles. The van der Waals surface area contributed by atoms with Gasteiger partial charge in [0.25, 0.3) is 5.91 Å². The summed E-state index contributed by atoms with van der Waals surface area (Å²) in [6.45, 7) is 0. The Morgan fingerprint density at radius 2 is 1.91 bits per heavy atom. The lowest BCUT2D eigenvalue weighted by molar-refractivity contribution is 0.102. The van der Waals surface area contributed by atoms with Crippen LogP contribution in [-0.2, 0) is 0 Å². The van der Waals surface area contributed by atoms with Crippen LogP contribution >= 0.6 is 0 Å². The highest BCUT2D eigenvalue weighted by Crippen LogP contribution is 2.15. The van der Waals surface area contributed by atoms with Crippen LogP contribution in [0.2, 0.25) is 0 Å². The highest BCUT2D eigenvalue weighted by molar-refractivity contribution is 6.03. The van der Waals surface area contributed by atoms with Crippen LogP contribution in [0.25, 0.3) is 11.4 Å². The number of nitrogens with zero attached hydrogens (tertiary/aromatic N) is 4. The average molecular weight is 307 g/mol. The van der Waals surface area contributed by atoms with Crippen molar-refractivity contribution in [1.82, 2.24) is 19.9 Å². The van der Waals surface area contributed by atoms with E-state index >= 15 is 0 Å². The average Bonchev–Trinajstić information content (AvgIpc) is 2.63. The van der Waals surface area contributed by atoms with E-state index in [4.69, 9.17) is 4.74 Å². The first kappa shape index (κ1) is 14.6. The minimum atomic E-state index is -0.349. The Balaban J connectivity index is 1.78. The molecule has 3 heterocycles. The lowest BCUT2D eigenvalue weighted by atomic mass is 10.2. The Bertz CT molecular complexity index is 806. The first-order valence-electron chi connectivity index (χ1n) is 6.82. The molecule has 1 N–H and O–H groups in total. The molecule has 0 bridgehead atoms. The Morgan fingerprint density at radius 1 is 1.00 bits per heavy atom. The van der Waals surface area contributed by atoms with E-state index in [1.807, 2.05) is 18.2 Å². The normalized spacial score (nSPS) is 10.1. The molecule has 1 amide bonds. The third kappa shape index (κ3) is 3.46. The summed E-state index contributed by atoms with van der Waals surface area (Å²) in [5, 5.41) is 2.64. The quantitative estimate of drug-likeness (QED) is 0.794. The van der Waals surface area contributed by atoms with Gasteiger partial charge in [0.1, 0.15) is 0 Å². The molecular weight excluding hydrogens is 294 g/mol. The highest BCUT2D eigenvalue weighted by Gasteiger charge is 2.10. The monoisotopic (exact) mass is 307 g/mol. The van der Waals surface area contributed by atoms with E-state index in [1.54, 1.807) is 30.6 Å². The first-order valence-corrected chi connectivity index (χ1v) is 6.82. The Kier molecular flexibility index (Phi) is 4.19. The van der Waals surface area contributed by atoms with Gasteiger partial charge in [-0.3, -0.25) is 15.1 Å². The number of methoxy groups -OCH3 is 1. The van der Waals surface area contributed by atoms with Gasteiger partial charge in [0.05, 0.1) is 24.1 Å². The zero-order chi connectivity index (χ0) is 16.1.